The summed E-state index contributed by atoms with van der Waals surface area (Å²) in [6, 6.07) is 12.4. The van der Waals surface area contributed by atoms with E-state index in [1.807, 2.05) is 49.1 Å². The van der Waals surface area contributed by atoms with Crippen LogP contribution in [0.4, 0.5) is 17.3 Å². The number of amides is 5. The Morgan fingerprint density at radius 3 is 2.51 bits per heavy atom. The van der Waals surface area contributed by atoms with Crippen LogP contribution in [0.2, 0.25) is 0 Å². The highest BCUT2D eigenvalue weighted by Crippen LogP contribution is 2.34. The molecule has 1 saturated carbocycles. The van der Waals surface area contributed by atoms with Gasteiger partial charge in [0.15, 0.2) is 0 Å². The number of carbonyl (C=O) groups excluding carboxylic acids is 5. The topological polar surface area (TPSA) is 188 Å². The Labute approximate surface area is 365 Å². The summed E-state index contributed by atoms with van der Waals surface area (Å²) in [7, 11) is 1.61. The number of imide groups is 1. The first-order valence-electron chi connectivity index (χ1n) is 21.9. The Bertz CT molecular complexity index is 2580. The van der Waals surface area contributed by atoms with E-state index in [9.17, 15) is 28.8 Å². The van der Waals surface area contributed by atoms with E-state index in [1.54, 1.807) is 30.0 Å². The van der Waals surface area contributed by atoms with Gasteiger partial charge in [-0.15, -0.1) is 0 Å². The molecule has 4 aliphatic rings. The van der Waals surface area contributed by atoms with E-state index >= 15 is 0 Å². The molecule has 5 heterocycles. The molecule has 328 valence electrons. The third-order valence-electron chi connectivity index (χ3n) is 12.6. The molecule has 2 aromatic carbocycles. The number of hydrogen-bond acceptors (Lipinski definition) is 11. The lowest BCUT2D eigenvalue weighted by atomic mass is 9.90. The number of piperazine rings is 1. The molecule has 3 fully saturated rings. The molecule has 4 aromatic rings. The quantitative estimate of drug-likeness (QED) is 0.110. The lowest BCUT2D eigenvalue weighted by Crippen LogP contribution is -2.52. The van der Waals surface area contributed by atoms with Crippen LogP contribution in [0.25, 0.3) is 11.0 Å². The zero-order valence-corrected chi connectivity index (χ0v) is 36.0. The molecule has 1 atom stereocenters. The van der Waals surface area contributed by atoms with Crippen molar-refractivity contribution < 1.29 is 28.7 Å². The van der Waals surface area contributed by atoms with E-state index in [1.165, 1.54) is 4.90 Å². The molecule has 3 aliphatic heterocycles. The molecule has 16 nitrogen and oxygen atoms in total. The number of unbranched alkanes of at least 4 members (excludes halogenated alkanes) is 1. The highest BCUT2D eigenvalue weighted by Gasteiger charge is 2.39. The normalized spacial score (nSPS) is 19.9. The smallest absolute Gasteiger partial charge is 0.255 e. The van der Waals surface area contributed by atoms with Gasteiger partial charge in [0.05, 0.1) is 12.8 Å². The van der Waals surface area contributed by atoms with Gasteiger partial charge in [0.2, 0.25) is 29.6 Å². The zero-order valence-electron chi connectivity index (χ0n) is 36.0. The van der Waals surface area contributed by atoms with Crippen LogP contribution in [0.15, 0.2) is 53.5 Å². The lowest BCUT2D eigenvalue weighted by Gasteiger charge is -2.36. The first-order chi connectivity index (χ1) is 30.5. The highest BCUT2D eigenvalue weighted by atomic mass is 16.5. The molecule has 2 aromatic heterocycles. The van der Waals surface area contributed by atoms with Crippen molar-refractivity contribution in [3.8, 4) is 17.6 Å². The molecule has 63 heavy (non-hydrogen) atoms. The van der Waals surface area contributed by atoms with Crippen LogP contribution in [0.5, 0.6) is 5.75 Å². The third kappa shape index (κ3) is 9.37. The fraction of sp³-hybridized carbons (Fsp3) is 0.447. The molecule has 1 aliphatic carbocycles. The summed E-state index contributed by atoms with van der Waals surface area (Å²) >= 11 is 0. The van der Waals surface area contributed by atoms with Crippen molar-refractivity contribution in [1.29, 1.82) is 0 Å². The predicted octanol–water partition coefficient (Wildman–Crippen LogP) is 4.49. The molecule has 0 radical (unpaired) electrons. The van der Waals surface area contributed by atoms with Gasteiger partial charge in [-0.2, -0.15) is 4.98 Å². The van der Waals surface area contributed by atoms with Crippen LogP contribution in [0.1, 0.15) is 104 Å². The van der Waals surface area contributed by atoms with Crippen LogP contribution in [-0.4, -0.2) is 99.2 Å². The lowest BCUT2D eigenvalue weighted by molar-refractivity contribution is -0.137. The first-order valence-corrected chi connectivity index (χ1v) is 21.9. The maximum absolute atomic E-state index is 13.4. The van der Waals surface area contributed by atoms with Gasteiger partial charge in [-0.05, 0) is 80.8 Å². The number of anilines is 3. The second-order valence-corrected chi connectivity index (χ2v) is 16.7. The highest BCUT2D eigenvalue weighted by molar-refractivity contribution is 6.05. The van der Waals surface area contributed by atoms with Crippen LogP contribution in [0.3, 0.4) is 0 Å². The second-order valence-electron chi connectivity index (χ2n) is 16.7. The summed E-state index contributed by atoms with van der Waals surface area (Å²) in [5.41, 5.74) is 4.98. The summed E-state index contributed by atoms with van der Waals surface area (Å²) in [5, 5.41) is 9.54. The zero-order chi connectivity index (χ0) is 44.2. The Balaban J connectivity index is 0.829. The maximum atomic E-state index is 13.4. The summed E-state index contributed by atoms with van der Waals surface area (Å²) in [6.45, 7) is 6.57. The minimum Gasteiger partial charge on any atom is -0.494 e. The van der Waals surface area contributed by atoms with E-state index in [2.05, 4.69) is 37.7 Å². The van der Waals surface area contributed by atoms with Crippen molar-refractivity contribution in [3.63, 3.8) is 0 Å². The fourth-order valence-corrected chi connectivity index (χ4v) is 9.09. The number of fused-ring (bicyclic) bond motifs is 2. The largest absolute Gasteiger partial charge is 0.494 e. The summed E-state index contributed by atoms with van der Waals surface area (Å²) in [5.74, 6) is 6.36. The van der Waals surface area contributed by atoms with Gasteiger partial charge in [0, 0.05) is 111 Å². The average molecular weight is 856 g/mol. The van der Waals surface area contributed by atoms with E-state index in [0.29, 0.717) is 99.0 Å². The fourth-order valence-electron chi connectivity index (χ4n) is 9.09. The van der Waals surface area contributed by atoms with Crippen molar-refractivity contribution in [2.45, 2.75) is 103 Å². The Hall–Kier alpha value is -6.76. The molecule has 2 saturated heterocycles. The van der Waals surface area contributed by atoms with Gasteiger partial charge in [0.1, 0.15) is 17.4 Å². The maximum Gasteiger partial charge on any atom is 0.255 e. The molecule has 16 heteroatoms. The van der Waals surface area contributed by atoms with Crippen molar-refractivity contribution in [2.75, 3.05) is 43.5 Å². The number of nitrogens with zero attached hydrogens (tertiary/aromatic N) is 6. The second kappa shape index (κ2) is 18.7. The van der Waals surface area contributed by atoms with E-state index in [-0.39, 0.29) is 47.7 Å². The Morgan fingerprint density at radius 1 is 0.968 bits per heavy atom. The first kappa shape index (κ1) is 42.9. The Morgan fingerprint density at radius 2 is 1.76 bits per heavy atom. The van der Waals surface area contributed by atoms with Crippen molar-refractivity contribution >= 4 is 57.9 Å². The molecule has 0 bridgehead atoms. The average Bonchev–Trinajstić information content (AvgIpc) is 3.61. The number of piperidine rings is 1. The number of carbonyl (C=O) groups is 5. The summed E-state index contributed by atoms with van der Waals surface area (Å²) < 4.78 is 7.59. The molecular formula is C47H53N9O7. The minimum atomic E-state index is -0.657. The number of nitrogens with one attached hydrogen (secondary N) is 3. The van der Waals surface area contributed by atoms with Crippen LogP contribution in [0, 0.1) is 18.8 Å². The van der Waals surface area contributed by atoms with Crippen LogP contribution in [-0.2, 0) is 25.7 Å². The molecule has 3 N–H and O–H groups in total. The van der Waals surface area contributed by atoms with Gasteiger partial charge in [-0.1, -0.05) is 24.8 Å². The van der Waals surface area contributed by atoms with Gasteiger partial charge >= 0.3 is 0 Å². The number of aryl methyl sites for hydroxylation is 1. The molecule has 5 amide bonds. The summed E-state index contributed by atoms with van der Waals surface area (Å²) in [6.07, 6.45) is 7.37. The van der Waals surface area contributed by atoms with Gasteiger partial charge in [0.25, 0.3) is 11.5 Å². The number of methoxy groups -OCH3 is 1. The van der Waals surface area contributed by atoms with E-state index < -0.39 is 11.9 Å². The third-order valence-corrected chi connectivity index (χ3v) is 12.6. The van der Waals surface area contributed by atoms with Crippen molar-refractivity contribution in [2.24, 2.45) is 0 Å². The van der Waals surface area contributed by atoms with E-state index in [4.69, 9.17) is 9.72 Å². The summed E-state index contributed by atoms with van der Waals surface area (Å²) in [4.78, 5) is 90.7. The van der Waals surface area contributed by atoms with Gasteiger partial charge in [-0.25, -0.2) is 4.98 Å². The molecule has 1 unspecified atom stereocenters. The SMILES string of the molecule is CCC(=O)NC1CCC(n2c(=O)cc(C)c3cnc(Nc4ccc(N5CCN(C(=O)CCCC#Cc6ccc7c(c6)C(=O)N(C6CCC(=O)NC6=O)C7)CC5)cc4OC)nc32)CC1. The van der Waals surface area contributed by atoms with Crippen molar-refractivity contribution in [1.82, 2.24) is 35.0 Å². The number of pyridine rings is 1. The van der Waals surface area contributed by atoms with Gasteiger partial charge < -0.3 is 30.1 Å². The molecule has 0 spiro atoms. The predicted molar refractivity (Wildman–Crippen MR) is 237 cm³/mol. The Kier molecular flexibility index (Phi) is 12.7. The standard InChI is InChI=1S/C47H53N9O7/c1-4-40(57)49-32-12-14-33(15-13-32)56-43(60)24-29(2)36-27-48-47(52-44(36)56)50-37-17-16-34(26-39(37)63-3)53-20-22-54(23-21-53)42(59)9-7-5-6-8-30-10-11-31-28-55(46(62)35(31)25-30)38-18-19-41(58)51-45(38)61/h10-11,16-17,24-27,32-33,38H,4-5,7,9,12-15,18-23,28H2,1-3H3,(H,49,57)(H,48,50,52)(H,51,58,61). The number of rotatable bonds is 11. The number of benzene rings is 2. The number of hydrogen-bond donors (Lipinski definition) is 3. The monoisotopic (exact) mass is 855 g/mol. The molecule has 8 rings (SSSR count). The molecular weight excluding hydrogens is 803 g/mol. The van der Waals surface area contributed by atoms with E-state index in [0.717, 1.165) is 47.9 Å². The van der Waals surface area contributed by atoms with Crippen molar-refractivity contribution in [3.05, 3.63) is 81.3 Å². The van der Waals surface area contributed by atoms with Gasteiger partial charge in [-0.3, -0.25) is 38.7 Å². The van der Waals surface area contributed by atoms with Crippen LogP contribution >= 0.6 is 0 Å². The minimum absolute atomic E-state index is 0.0382. The van der Waals surface area contributed by atoms with Crippen LogP contribution < -0.4 is 31.1 Å². The number of ether oxygens (including phenoxy) is 1. The number of aromatic nitrogens is 3.